The Labute approximate surface area is 125 Å². The molecule has 0 aromatic heterocycles. The van der Waals surface area contributed by atoms with Gasteiger partial charge in [-0.15, -0.1) is 0 Å². The molecule has 0 spiro atoms. The van der Waals surface area contributed by atoms with E-state index in [1.807, 2.05) is 26.0 Å². The zero-order valence-electron chi connectivity index (χ0n) is 12.2. The number of rotatable bonds is 5. The fraction of sp³-hybridized carbons (Fsp3) is 0.600. The highest BCUT2D eigenvalue weighted by Crippen LogP contribution is 2.32. The Bertz CT molecular complexity index is 448. The van der Waals surface area contributed by atoms with Gasteiger partial charge in [0.2, 0.25) is 0 Å². The van der Waals surface area contributed by atoms with E-state index in [9.17, 15) is 5.11 Å². The quantitative estimate of drug-likeness (QED) is 0.872. The lowest BCUT2D eigenvalue weighted by molar-refractivity contribution is 0.103. The predicted molar refractivity (Wildman–Crippen MR) is 81.6 cm³/mol. The summed E-state index contributed by atoms with van der Waals surface area (Å²) < 4.78 is 5.68. The van der Waals surface area contributed by atoms with Gasteiger partial charge >= 0.3 is 0 Å². The summed E-state index contributed by atoms with van der Waals surface area (Å²) in [5, 5.41) is 14.5. The van der Waals surface area contributed by atoms with Crippen molar-refractivity contribution in [2.45, 2.75) is 20.0 Å². The number of benzene rings is 1. The maximum absolute atomic E-state index is 10.5. The van der Waals surface area contributed by atoms with Gasteiger partial charge in [-0.3, -0.25) is 4.90 Å². The standard InChI is InChI=1S/C15H23ClN2O2/c1-3-20-15-11(2)8-12(16)9-13(15)14(19)10-18-6-4-17-5-7-18/h8-9,14,17,19H,3-7,10H2,1-2H3. The van der Waals surface area contributed by atoms with Crippen LogP contribution in [0, 0.1) is 6.92 Å². The Balaban J connectivity index is 2.16. The lowest BCUT2D eigenvalue weighted by Gasteiger charge is -2.30. The minimum atomic E-state index is -0.577. The van der Waals surface area contributed by atoms with Crippen molar-refractivity contribution < 1.29 is 9.84 Å². The minimum absolute atomic E-state index is 0.577. The zero-order valence-corrected chi connectivity index (χ0v) is 12.9. The maximum Gasteiger partial charge on any atom is 0.128 e. The van der Waals surface area contributed by atoms with Crippen molar-refractivity contribution in [1.82, 2.24) is 10.2 Å². The van der Waals surface area contributed by atoms with Gasteiger partial charge in [-0.2, -0.15) is 0 Å². The molecule has 0 amide bonds. The summed E-state index contributed by atoms with van der Waals surface area (Å²) in [5.41, 5.74) is 1.75. The van der Waals surface area contributed by atoms with Crippen LogP contribution in [0.15, 0.2) is 12.1 Å². The van der Waals surface area contributed by atoms with Crippen LogP contribution >= 0.6 is 11.6 Å². The van der Waals surface area contributed by atoms with Crippen LogP contribution in [0.3, 0.4) is 0 Å². The van der Waals surface area contributed by atoms with Crippen molar-refractivity contribution in [1.29, 1.82) is 0 Å². The largest absolute Gasteiger partial charge is 0.493 e. The fourth-order valence-electron chi connectivity index (χ4n) is 2.58. The summed E-state index contributed by atoms with van der Waals surface area (Å²) in [5.74, 6) is 0.763. The van der Waals surface area contributed by atoms with E-state index in [0.29, 0.717) is 18.2 Å². The molecular formula is C15H23ClN2O2. The summed E-state index contributed by atoms with van der Waals surface area (Å²) in [7, 11) is 0. The third kappa shape index (κ3) is 3.85. The summed E-state index contributed by atoms with van der Waals surface area (Å²) >= 11 is 6.12. The molecule has 0 radical (unpaired) electrons. The number of aryl methyl sites for hydroxylation is 1. The van der Waals surface area contributed by atoms with Crippen LogP contribution in [-0.4, -0.2) is 49.3 Å². The number of nitrogens with one attached hydrogen (secondary N) is 1. The number of ether oxygens (including phenoxy) is 1. The lowest BCUT2D eigenvalue weighted by Crippen LogP contribution is -2.45. The van der Waals surface area contributed by atoms with Gasteiger partial charge < -0.3 is 15.2 Å². The van der Waals surface area contributed by atoms with Gasteiger partial charge in [0, 0.05) is 43.3 Å². The van der Waals surface area contributed by atoms with Crippen LogP contribution in [0.4, 0.5) is 0 Å². The smallest absolute Gasteiger partial charge is 0.128 e. The van der Waals surface area contributed by atoms with Gasteiger partial charge in [0.05, 0.1) is 12.7 Å². The van der Waals surface area contributed by atoms with Crippen LogP contribution in [0.1, 0.15) is 24.2 Å². The number of aliphatic hydroxyl groups is 1. The van der Waals surface area contributed by atoms with E-state index in [1.165, 1.54) is 0 Å². The molecule has 1 aliphatic heterocycles. The van der Waals surface area contributed by atoms with Crippen LogP contribution in [-0.2, 0) is 0 Å². The van der Waals surface area contributed by atoms with Crippen molar-refractivity contribution in [2.24, 2.45) is 0 Å². The summed E-state index contributed by atoms with van der Waals surface area (Å²) in [6.45, 7) is 8.95. The van der Waals surface area contributed by atoms with E-state index in [4.69, 9.17) is 16.3 Å². The van der Waals surface area contributed by atoms with E-state index in [0.717, 1.165) is 43.1 Å². The van der Waals surface area contributed by atoms with E-state index < -0.39 is 6.10 Å². The fourth-order valence-corrected chi connectivity index (χ4v) is 2.86. The number of aliphatic hydroxyl groups excluding tert-OH is 1. The van der Waals surface area contributed by atoms with Crippen molar-refractivity contribution in [3.63, 3.8) is 0 Å². The molecule has 112 valence electrons. The minimum Gasteiger partial charge on any atom is -0.493 e. The molecule has 1 aromatic rings. The first kappa shape index (κ1) is 15.6. The summed E-state index contributed by atoms with van der Waals surface area (Å²) in [6.07, 6.45) is -0.577. The van der Waals surface area contributed by atoms with Gasteiger partial charge in [-0.05, 0) is 31.5 Å². The molecule has 0 aliphatic carbocycles. The topological polar surface area (TPSA) is 44.7 Å². The third-order valence-electron chi connectivity index (χ3n) is 3.56. The molecule has 1 unspecified atom stereocenters. The summed E-state index contributed by atoms with van der Waals surface area (Å²) in [6, 6.07) is 3.68. The van der Waals surface area contributed by atoms with Crippen molar-refractivity contribution in [3.8, 4) is 5.75 Å². The number of halogens is 1. The second-order valence-corrected chi connectivity index (χ2v) is 5.58. The van der Waals surface area contributed by atoms with Gasteiger partial charge in [0.15, 0.2) is 0 Å². The molecule has 1 heterocycles. The van der Waals surface area contributed by atoms with E-state index >= 15 is 0 Å². The molecule has 1 fully saturated rings. The third-order valence-corrected chi connectivity index (χ3v) is 3.77. The first-order valence-corrected chi connectivity index (χ1v) is 7.53. The molecule has 2 rings (SSSR count). The van der Waals surface area contributed by atoms with E-state index in [1.54, 1.807) is 0 Å². The molecule has 1 saturated heterocycles. The highest BCUT2D eigenvalue weighted by Gasteiger charge is 2.20. The van der Waals surface area contributed by atoms with Gasteiger partial charge in [0.25, 0.3) is 0 Å². The molecule has 5 heteroatoms. The first-order chi connectivity index (χ1) is 9.61. The van der Waals surface area contributed by atoms with E-state index in [2.05, 4.69) is 10.2 Å². The average molecular weight is 299 g/mol. The van der Waals surface area contributed by atoms with Crippen LogP contribution in [0.2, 0.25) is 5.02 Å². The van der Waals surface area contributed by atoms with Crippen LogP contribution < -0.4 is 10.1 Å². The molecule has 1 aromatic carbocycles. The molecule has 20 heavy (non-hydrogen) atoms. The molecule has 4 nitrogen and oxygen atoms in total. The second-order valence-electron chi connectivity index (χ2n) is 5.14. The number of β-amino-alcohol motifs (C(OH)–C–C–N with tert-alkyl or cyclic N) is 1. The molecule has 1 aliphatic rings. The number of hydrogen-bond acceptors (Lipinski definition) is 4. The molecule has 2 N–H and O–H groups in total. The Kier molecular flexibility index (Phi) is 5.66. The molecular weight excluding hydrogens is 276 g/mol. The van der Waals surface area contributed by atoms with Gasteiger partial charge in [-0.25, -0.2) is 0 Å². The van der Waals surface area contributed by atoms with Gasteiger partial charge in [-0.1, -0.05) is 11.6 Å². The van der Waals surface area contributed by atoms with Crippen LogP contribution in [0.5, 0.6) is 5.75 Å². The molecule has 0 saturated carbocycles. The Morgan fingerprint density at radius 1 is 1.40 bits per heavy atom. The normalized spacial score (nSPS) is 18.0. The second kappa shape index (κ2) is 7.27. The zero-order chi connectivity index (χ0) is 14.5. The predicted octanol–water partition coefficient (Wildman–Crippen LogP) is 1.99. The number of piperazine rings is 1. The highest BCUT2D eigenvalue weighted by atomic mass is 35.5. The monoisotopic (exact) mass is 298 g/mol. The van der Waals surface area contributed by atoms with Crippen LogP contribution in [0.25, 0.3) is 0 Å². The summed E-state index contributed by atoms with van der Waals surface area (Å²) in [4.78, 5) is 2.26. The molecule has 0 bridgehead atoms. The van der Waals surface area contributed by atoms with Crippen molar-refractivity contribution in [2.75, 3.05) is 39.3 Å². The Hall–Kier alpha value is -0.810. The van der Waals surface area contributed by atoms with Crippen molar-refractivity contribution in [3.05, 3.63) is 28.3 Å². The lowest BCUT2D eigenvalue weighted by atomic mass is 10.0. The Morgan fingerprint density at radius 3 is 2.75 bits per heavy atom. The average Bonchev–Trinajstić information content (AvgIpc) is 2.42. The first-order valence-electron chi connectivity index (χ1n) is 7.15. The molecule has 1 atom stereocenters. The maximum atomic E-state index is 10.5. The van der Waals surface area contributed by atoms with Gasteiger partial charge in [0.1, 0.15) is 5.75 Å². The number of nitrogens with zero attached hydrogens (tertiary/aromatic N) is 1. The highest BCUT2D eigenvalue weighted by molar-refractivity contribution is 6.30. The van der Waals surface area contributed by atoms with Crippen molar-refractivity contribution >= 4 is 11.6 Å². The number of hydrogen-bond donors (Lipinski definition) is 2. The van der Waals surface area contributed by atoms with E-state index in [-0.39, 0.29) is 0 Å². The SMILES string of the molecule is CCOc1c(C)cc(Cl)cc1C(O)CN1CCNCC1. The Morgan fingerprint density at radius 2 is 2.10 bits per heavy atom.